The average molecular weight is 336 g/mol. The first-order valence-electron chi connectivity index (χ1n) is 0.123. The fraction of sp³-hybridized carbons (Fsp3) is 0. The van der Waals surface area contributed by atoms with Crippen LogP contribution in [0, 0.1) is 35.6 Å². The van der Waals surface area contributed by atoms with Gasteiger partial charge in [0.25, 0.3) is 0 Å². The van der Waals surface area contributed by atoms with Crippen LogP contribution >= 0.6 is 0 Å². The zero-order valence-electron chi connectivity index (χ0n) is 1.94. The van der Waals surface area contributed by atoms with E-state index in [1.165, 1.54) is 0 Å². The zero-order chi connectivity index (χ0) is 2.00. The van der Waals surface area contributed by atoms with Gasteiger partial charge in [-0.25, -0.2) is 0 Å². The van der Waals surface area contributed by atoms with Crippen molar-refractivity contribution in [2.24, 2.45) is 0 Å². The summed E-state index contributed by atoms with van der Waals surface area (Å²) >= 11 is 2.94. The van der Waals surface area contributed by atoms with Crippen LogP contribution in [0.2, 0.25) is 0 Å². The molecular formula is CoCuLaNiO. The fourth-order valence-corrected chi connectivity index (χ4v) is 0. The summed E-state index contributed by atoms with van der Waals surface area (Å²) in [7, 11) is 0. The second-order valence-electron chi connectivity index (χ2n) is 0. The molecule has 0 rings (SSSR count). The molecule has 0 unspecified atom stereocenters. The van der Waals surface area contributed by atoms with Gasteiger partial charge in [-0.2, -0.15) is 0 Å². The molecule has 2 radical (unpaired) electrons. The Balaban J connectivity index is -0.00000000167. The molecule has 0 saturated carbocycles. The van der Waals surface area contributed by atoms with Crippen LogP contribution in [0.15, 0.2) is 0 Å². The summed E-state index contributed by atoms with van der Waals surface area (Å²) in [5.74, 6) is 0. The van der Waals surface area contributed by atoms with Gasteiger partial charge in [0.1, 0.15) is 0 Å². The van der Waals surface area contributed by atoms with Crippen LogP contribution < -0.4 is 0 Å². The third-order valence-electron chi connectivity index (χ3n) is 0. The normalized spacial score (nSPS) is 1.20. The Morgan fingerprint density at radius 1 is 1.20 bits per heavy atom. The first kappa shape index (κ1) is 25.8. The van der Waals surface area contributed by atoms with Crippen molar-refractivity contribution < 1.29 is 88.6 Å². The minimum absolute atomic E-state index is 0. The molecule has 0 atom stereocenters. The summed E-state index contributed by atoms with van der Waals surface area (Å²) < 4.78 is 7.81. The topological polar surface area (TPSA) is 17.1 Å². The van der Waals surface area contributed by atoms with Crippen molar-refractivity contribution in [3.63, 3.8) is 0 Å². The van der Waals surface area contributed by atoms with Gasteiger partial charge in [0.05, 0.1) is 0 Å². The predicted molar refractivity (Wildman–Crippen MR) is 0.686 cm³/mol. The second-order valence-corrected chi connectivity index (χ2v) is 0. The van der Waals surface area contributed by atoms with Crippen molar-refractivity contribution in [1.29, 1.82) is 0 Å². The van der Waals surface area contributed by atoms with Gasteiger partial charge in [-0.1, -0.05) is 0 Å². The first-order chi connectivity index (χ1) is 1.00. The molecule has 0 aromatic carbocycles. The molecule has 0 aliphatic rings. The Hall–Kier alpha value is 2.51. The molecule has 5 heavy (non-hydrogen) atoms. The van der Waals surface area contributed by atoms with E-state index in [0.717, 1.165) is 0 Å². The molecule has 0 aromatic rings. The van der Waals surface area contributed by atoms with Crippen molar-refractivity contribution in [3.8, 4) is 0 Å². The van der Waals surface area contributed by atoms with Gasteiger partial charge in [0.15, 0.2) is 0 Å². The monoisotopic (exact) mass is 335 g/mol. The minimum atomic E-state index is 0. The molecule has 0 spiro atoms. The van der Waals surface area contributed by atoms with Crippen LogP contribution in [0.25, 0.3) is 0 Å². The van der Waals surface area contributed by atoms with Crippen LogP contribution in [0.1, 0.15) is 0 Å². The quantitative estimate of drug-likeness (QED) is 0.564. The van der Waals surface area contributed by atoms with Gasteiger partial charge in [-0.05, 0) is 0 Å². The van der Waals surface area contributed by atoms with Gasteiger partial charge in [0.2, 0.25) is 0 Å². The summed E-state index contributed by atoms with van der Waals surface area (Å²) in [6.07, 6.45) is 0. The van der Waals surface area contributed by atoms with E-state index in [0.29, 0.717) is 0 Å². The van der Waals surface area contributed by atoms with Crippen LogP contribution in [-0.2, 0) is 53.0 Å². The van der Waals surface area contributed by atoms with E-state index in [2.05, 4.69) is 15.9 Å². The van der Waals surface area contributed by atoms with Gasteiger partial charge < -0.3 is 0 Å². The molecule has 39 valence electrons. The maximum atomic E-state index is 7.81. The Kier molecular flexibility index (Phi) is 162. The summed E-state index contributed by atoms with van der Waals surface area (Å²) in [5.41, 5.74) is 0. The standard InChI is InChI=1S/Co.Cu.La.Ni.O. The second kappa shape index (κ2) is 31.3. The first-order valence-corrected chi connectivity index (χ1v) is 0.508. The fourth-order valence-electron chi connectivity index (χ4n) is 0. The third-order valence-corrected chi connectivity index (χ3v) is 0. The summed E-state index contributed by atoms with van der Waals surface area (Å²) in [6.45, 7) is 0. The summed E-state index contributed by atoms with van der Waals surface area (Å²) in [4.78, 5) is 0. The number of hydrogen-bond acceptors (Lipinski definition) is 1. The van der Waals surface area contributed by atoms with Crippen molar-refractivity contribution in [1.82, 2.24) is 0 Å². The SMILES string of the molecule is [Co].[La].[Ni].[O]=[Cu]. The Labute approximate surface area is 87.1 Å². The molecule has 0 N–H and O–H groups in total. The van der Waals surface area contributed by atoms with Crippen LogP contribution in [0.3, 0.4) is 0 Å². The average Bonchev–Trinajstić information content (AvgIpc) is 1.00. The van der Waals surface area contributed by atoms with Crippen LogP contribution in [-0.4, -0.2) is 0 Å². The Morgan fingerprint density at radius 2 is 1.20 bits per heavy atom. The zero-order valence-corrected chi connectivity index (χ0v) is 8.53. The molecule has 0 bridgehead atoms. The molecule has 1 nitrogen and oxygen atoms in total. The third kappa shape index (κ3) is 21.0. The van der Waals surface area contributed by atoms with Gasteiger partial charge in [-0.3, -0.25) is 0 Å². The molecular weight excluding hydrogens is 336 g/mol. The van der Waals surface area contributed by atoms with E-state index in [9.17, 15) is 0 Å². The van der Waals surface area contributed by atoms with Crippen molar-refractivity contribution in [2.45, 2.75) is 0 Å². The number of hydrogen-bond donors (Lipinski definition) is 0. The van der Waals surface area contributed by atoms with Crippen molar-refractivity contribution >= 4 is 0 Å². The van der Waals surface area contributed by atoms with E-state index < -0.39 is 0 Å². The number of rotatable bonds is 0. The van der Waals surface area contributed by atoms with E-state index in [1.54, 1.807) is 0 Å². The van der Waals surface area contributed by atoms with Crippen molar-refractivity contribution in [3.05, 3.63) is 0 Å². The van der Waals surface area contributed by atoms with Crippen LogP contribution in [0.5, 0.6) is 0 Å². The Bertz CT molecular complexity index is 11.6. The molecule has 0 aromatic heterocycles. The van der Waals surface area contributed by atoms with E-state index in [1.807, 2.05) is 0 Å². The molecule has 0 heterocycles. The van der Waals surface area contributed by atoms with E-state index in [-0.39, 0.29) is 68.9 Å². The molecule has 0 aliphatic heterocycles. The summed E-state index contributed by atoms with van der Waals surface area (Å²) in [5, 5.41) is 0. The van der Waals surface area contributed by atoms with Crippen LogP contribution in [0.4, 0.5) is 0 Å². The van der Waals surface area contributed by atoms with Crippen molar-refractivity contribution in [2.75, 3.05) is 0 Å². The molecule has 0 amide bonds. The molecule has 0 aliphatic carbocycles. The van der Waals surface area contributed by atoms with Gasteiger partial charge in [-0.15, -0.1) is 0 Å². The van der Waals surface area contributed by atoms with Gasteiger partial charge in [0, 0.05) is 68.9 Å². The molecule has 0 fully saturated rings. The maximum absolute atomic E-state index is 7.81. The van der Waals surface area contributed by atoms with E-state index >= 15 is 0 Å². The van der Waals surface area contributed by atoms with E-state index in [4.69, 9.17) is 3.83 Å². The molecule has 5 heteroatoms. The molecule has 0 saturated heterocycles. The predicted octanol–water partition coefficient (Wildman–Crippen LogP) is -0.126. The van der Waals surface area contributed by atoms with Gasteiger partial charge >= 0.3 is 19.8 Å². The Morgan fingerprint density at radius 3 is 1.20 bits per heavy atom. The summed E-state index contributed by atoms with van der Waals surface area (Å²) in [6, 6.07) is 0.